The van der Waals surface area contributed by atoms with Crippen LogP contribution in [0.3, 0.4) is 0 Å². The van der Waals surface area contributed by atoms with Crippen LogP contribution in [0.25, 0.3) is 0 Å². The Bertz CT molecular complexity index is 470. The summed E-state index contributed by atoms with van der Waals surface area (Å²) >= 11 is 1.79. The van der Waals surface area contributed by atoms with E-state index in [2.05, 4.69) is 47.1 Å². The molecule has 0 aliphatic rings. The van der Waals surface area contributed by atoms with E-state index in [1.165, 1.54) is 10.4 Å². The molecule has 2 heterocycles. The maximum absolute atomic E-state index is 4.35. The van der Waals surface area contributed by atoms with E-state index >= 15 is 0 Å². The summed E-state index contributed by atoms with van der Waals surface area (Å²) in [7, 11) is 0. The van der Waals surface area contributed by atoms with E-state index in [0.717, 1.165) is 19.0 Å². The average Bonchev–Trinajstić information content (AvgIpc) is 2.84. The lowest BCUT2D eigenvalue weighted by Crippen LogP contribution is -2.10. The first kappa shape index (κ1) is 12.2. The van der Waals surface area contributed by atoms with Gasteiger partial charge in [0.25, 0.3) is 0 Å². The molecule has 92 valence electrons. The molecule has 0 saturated carbocycles. The third kappa shape index (κ3) is 3.09. The van der Waals surface area contributed by atoms with E-state index in [4.69, 9.17) is 0 Å². The van der Waals surface area contributed by atoms with E-state index in [0.29, 0.717) is 5.92 Å². The largest absolute Gasteiger partial charge is 0.351 e. The molecule has 0 atom stereocenters. The Hall–Kier alpha value is -1.29. The van der Waals surface area contributed by atoms with Crippen molar-refractivity contribution in [3.8, 4) is 0 Å². The predicted molar refractivity (Wildman–Crippen MR) is 73.4 cm³/mol. The van der Waals surface area contributed by atoms with E-state index in [1.807, 2.05) is 12.4 Å². The molecule has 0 radical (unpaired) electrons. The quantitative estimate of drug-likeness (QED) is 0.878. The lowest BCUT2D eigenvalue weighted by Gasteiger charge is -2.11. The van der Waals surface area contributed by atoms with Gasteiger partial charge in [0.15, 0.2) is 0 Å². The summed E-state index contributed by atoms with van der Waals surface area (Å²) in [4.78, 5) is 5.73. The van der Waals surface area contributed by atoms with Crippen molar-refractivity contribution >= 4 is 17.3 Å². The van der Waals surface area contributed by atoms with Gasteiger partial charge in [-0.1, -0.05) is 13.8 Å². The van der Waals surface area contributed by atoms with Gasteiger partial charge in [0.1, 0.15) is 0 Å². The smallest absolute Gasteiger partial charge is 0.203 e. The van der Waals surface area contributed by atoms with Crippen LogP contribution in [0.1, 0.15) is 24.3 Å². The van der Waals surface area contributed by atoms with E-state index in [-0.39, 0.29) is 0 Å². The Morgan fingerprint density at radius 1 is 1.47 bits per heavy atom. The fourth-order valence-corrected chi connectivity index (χ4v) is 2.61. The second-order valence-electron chi connectivity index (χ2n) is 4.68. The van der Waals surface area contributed by atoms with Crippen molar-refractivity contribution in [3.05, 3.63) is 34.3 Å². The normalized spacial score (nSPS) is 11.1. The van der Waals surface area contributed by atoms with Crippen LogP contribution in [0.4, 0.5) is 5.95 Å². The second-order valence-corrected chi connectivity index (χ2v) is 5.68. The molecule has 0 spiro atoms. The lowest BCUT2D eigenvalue weighted by molar-refractivity contribution is 0.526. The Kier molecular flexibility index (Phi) is 3.84. The van der Waals surface area contributed by atoms with E-state index in [1.54, 1.807) is 11.3 Å². The van der Waals surface area contributed by atoms with Crippen molar-refractivity contribution in [1.82, 2.24) is 9.55 Å². The summed E-state index contributed by atoms with van der Waals surface area (Å²) in [6.45, 7) is 8.44. The summed E-state index contributed by atoms with van der Waals surface area (Å²) in [5.74, 6) is 1.60. The van der Waals surface area contributed by atoms with Crippen LogP contribution >= 0.6 is 11.3 Å². The highest BCUT2D eigenvalue weighted by atomic mass is 32.1. The molecular formula is C13H19N3S. The Labute approximate surface area is 107 Å². The van der Waals surface area contributed by atoms with Crippen molar-refractivity contribution in [1.29, 1.82) is 0 Å². The minimum atomic E-state index is 0.633. The topological polar surface area (TPSA) is 29.9 Å². The van der Waals surface area contributed by atoms with Crippen LogP contribution in [-0.4, -0.2) is 9.55 Å². The number of hydrogen-bond donors (Lipinski definition) is 1. The third-order valence-corrected chi connectivity index (χ3v) is 3.68. The third-order valence-electron chi connectivity index (χ3n) is 2.65. The fraction of sp³-hybridized carbons (Fsp3) is 0.462. The molecule has 0 unspecified atom stereocenters. The number of aryl methyl sites for hydroxylation is 1. The highest BCUT2D eigenvalue weighted by Gasteiger charge is 2.05. The SMILES string of the molecule is Cc1ccsc1CNc1nccn1CC(C)C. The molecule has 0 saturated heterocycles. The minimum Gasteiger partial charge on any atom is -0.351 e. The Balaban J connectivity index is 1.99. The molecule has 0 aliphatic heterocycles. The van der Waals surface area contributed by atoms with E-state index in [9.17, 15) is 0 Å². The first-order valence-corrected chi connectivity index (χ1v) is 6.82. The molecular weight excluding hydrogens is 230 g/mol. The molecule has 0 aromatic carbocycles. The van der Waals surface area contributed by atoms with Gasteiger partial charge in [0, 0.05) is 23.8 Å². The predicted octanol–water partition coefficient (Wildman–Crippen LogP) is 3.52. The molecule has 17 heavy (non-hydrogen) atoms. The number of anilines is 1. The monoisotopic (exact) mass is 249 g/mol. The number of hydrogen-bond acceptors (Lipinski definition) is 3. The number of aromatic nitrogens is 2. The van der Waals surface area contributed by atoms with Crippen LogP contribution in [0.2, 0.25) is 0 Å². The maximum Gasteiger partial charge on any atom is 0.203 e. The summed E-state index contributed by atoms with van der Waals surface area (Å²) in [5, 5.41) is 5.54. The second kappa shape index (κ2) is 5.36. The average molecular weight is 249 g/mol. The Morgan fingerprint density at radius 3 is 2.94 bits per heavy atom. The van der Waals surface area contributed by atoms with Crippen LogP contribution in [0.5, 0.6) is 0 Å². The number of nitrogens with one attached hydrogen (secondary N) is 1. The van der Waals surface area contributed by atoms with Gasteiger partial charge in [-0.3, -0.25) is 0 Å². The van der Waals surface area contributed by atoms with Crippen LogP contribution in [0, 0.1) is 12.8 Å². The van der Waals surface area contributed by atoms with Gasteiger partial charge in [-0.2, -0.15) is 0 Å². The summed E-state index contributed by atoms with van der Waals surface area (Å²) < 4.78 is 2.17. The molecule has 3 nitrogen and oxygen atoms in total. The fourth-order valence-electron chi connectivity index (χ4n) is 1.76. The molecule has 0 amide bonds. The van der Waals surface area contributed by atoms with Crippen LogP contribution in [0.15, 0.2) is 23.8 Å². The number of rotatable bonds is 5. The molecule has 0 bridgehead atoms. The standard InChI is InChI=1S/C13H19N3S/c1-10(2)9-16-6-5-14-13(16)15-8-12-11(3)4-7-17-12/h4-7,10H,8-9H2,1-3H3,(H,14,15). The number of thiophene rings is 1. The summed E-state index contributed by atoms with van der Waals surface area (Å²) in [5.41, 5.74) is 1.35. The Morgan fingerprint density at radius 2 is 2.29 bits per heavy atom. The van der Waals surface area contributed by atoms with Crippen molar-refractivity contribution in [2.75, 3.05) is 5.32 Å². The van der Waals surface area contributed by atoms with Crippen LogP contribution in [-0.2, 0) is 13.1 Å². The highest BCUT2D eigenvalue weighted by Crippen LogP contribution is 2.17. The van der Waals surface area contributed by atoms with E-state index < -0.39 is 0 Å². The summed E-state index contributed by atoms with van der Waals surface area (Å²) in [6.07, 6.45) is 3.88. The highest BCUT2D eigenvalue weighted by molar-refractivity contribution is 7.10. The van der Waals surface area contributed by atoms with Gasteiger partial charge in [-0.25, -0.2) is 4.98 Å². The zero-order chi connectivity index (χ0) is 12.3. The molecule has 2 aromatic heterocycles. The molecule has 0 fully saturated rings. The van der Waals surface area contributed by atoms with Gasteiger partial charge in [-0.15, -0.1) is 11.3 Å². The minimum absolute atomic E-state index is 0.633. The molecule has 2 rings (SSSR count). The van der Waals surface area contributed by atoms with Crippen molar-refractivity contribution in [2.24, 2.45) is 5.92 Å². The first-order chi connectivity index (χ1) is 8.16. The van der Waals surface area contributed by atoms with Crippen LogP contribution < -0.4 is 5.32 Å². The van der Waals surface area contributed by atoms with Gasteiger partial charge in [-0.05, 0) is 29.9 Å². The zero-order valence-corrected chi connectivity index (χ0v) is 11.4. The van der Waals surface area contributed by atoms with Gasteiger partial charge < -0.3 is 9.88 Å². The zero-order valence-electron chi connectivity index (χ0n) is 10.6. The maximum atomic E-state index is 4.35. The number of imidazole rings is 1. The van der Waals surface area contributed by atoms with Crippen molar-refractivity contribution < 1.29 is 0 Å². The molecule has 0 aliphatic carbocycles. The summed E-state index contributed by atoms with van der Waals surface area (Å²) in [6, 6.07) is 2.16. The molecule has 4 heteroatoms. The van der Waals surface area contributed by atoms with Gasteiger partial charge in [0.05, 0.1) is 6.54 Å². The van der Waals surface area contributed by atoms with Gasteiger partial charge in [0.2, 0.25) is 5.95 Å². The molecule has 1 N–H and O–H groups in total. The number of nitrogens with zero attached hydrogens (tertiary/aromatic N) is 2. The van der Waals surface area contributed by atoms with Crippen molar-refractivity contribution in [3.63, 3.8) is 0 Å². The van der Waals surface area contributed by atoms with Gasteiger partial charge >= 0.3 is 0 Å². The first-order valence-electron chi connectivity index (χ1n) is 5.95. The van der Waals surface area contributed by atoms with Crippen molar-refractivity contribution in [2.45, 2.75) is 33.9 Å². The molecule has 2 aromatic rings. The lowest BCUT2D eigenvalue weighted by atomic mass is 10.2.